The van der Waals surface area contributed by atoms with Gasteiger partial charge in [-0.15, -0.1) is 0 Å². The van der Waals surface area contributed by atoms with Crippen molar-refractivity contribution in [1.82, 2.24) is 0 Å². The lowest BCUT2D eigenvalue weighted by atomic mass is 10.1. The number of hydrogen-bond acceptors (Lipinski definition) is 2. The zero-order valence-corrected chi connectivity index (χ0v) is 7.92. The molecule has 0 aliphatic rings. The molecule has 0 aliphatic carbocycles. The van der Waals surface area contributed by atoms with E-state index in [1.807, 2.05) is 12.1 Å². The number of phenolic OH excluding ortho intramolecular Hbond substituents is 1. The van der Waals surface area contributed by atoms with Crippen molar-refractivity contribution in [2.45, 2.75) is 6.42 Å². The van der Waals surface area contributed by atoms with Crippen molar-refractivity contribution in [2.75, 3.05) is 0 Å². The van der Waals surface area contributed by atoms with Gasteiger partial charge in [-0.25, -0.2) is 0 Å². The second kappa shape index (κ2) is 3.62. The van der Waals surface area contributed by atoms with Crippen LogP contribution in [0.2, 0.25) is 0 Å². The summed E-state index contributed by atoms with van der Waals surface area (Å²) in [7, 11) is 0. The van der Waals surface area contributed by atoms with Crippen molar-refractivity contribution in [2.24, 2.45) is 0 Å². The highest BCUT2D eigenvalue weighted by atomic mass is 32.1. The first kappa shape index (κ1) is 8.32. The number of aromatic hydroxyl groups is 1. The maximum Gasteiger partial charge on any atom is 0.115 e. The van der Waals surface area contributed by atoms with Crippen molar-refractivity contribution in [1.29, 1.82) is 0 Å². The molecule has 0 unspecified atom stereocenters. The van der Waals surface area contributed by atoms with E-state index in [1.165, 1.54) is 11.1 Å². The Morgan fingerprint density at radius 3 is 2.38 bits per heavy atom. The second-order valence-electron chi connectivity index (χ2n) is 2.97. The van der Waals surface area contributed by atoms with E-state index < -0.39 is 0 Å². The Labute approximate surface area is 81.3 Å². The van der Waals surface area contributed by atoms with Crippen molar-refractivity contribution in [3.8, 4) is 5.75 Å². The second-order valence-corrected chi connectivity index (χ2v) is 3.75. The van der Waals surface area contributed by atoms with Gasteiger partial charge in [-0.2, -0.15) is 11.3 Å². The lowest BCUT2D eigenvalue weighted by Crippen LogP contribution is -1.83. The van der Waals surface area contributed by atoms with E-state index in [0.29, 0.717) is 5.75 Å². The summed E-state index contributed by atoms with van der Waals surface area (Å²) < 4.78 is 0. The first-order valence-corrected chi connectivity index (χ1v) is 5.08. The van der Waals surface area contributed by atoms with Crippen LogP contribution in [0.25, 0.3) is 0 Å². The number of phenols is 1. The van der Waals surface area contributed by atoms with Crippen LogP contribution >= 0.6 is 11.3 Å². The Balaban J connectivity index is 2.15. The highest BCUT2D eigenvalue weighted by molar-refractivity contribution is 7.07. The zero-order valence-electron chi connectivity index (χ0n) is 7.10. The maximum atomic E-state index is 9.08. The molecule has 0 aliphatic heterocycles. The van der Waals surface area contributed by atoms with Crippen molar-refractivity contribution < 1.29 is 5.11 Å². The summed E-state index contributed by atoms with van der Waals surface area (Å²) in [4.78, 5) is 0. The Kier molecular flexibility index (Phi) is 2.32. The fourth-order valence-electron chi connectivity index (χ4n) is 1.24. The predicted octanol–water partition coefficient (Wildman–Crippen LogP) is 3.04. The molecule has 1 nitrogen and oxygen atoms in total. The minimum Gasteiger partial charge on any atom is -0.508 e. The van der Waals surface area contributed by atoms with Gasteiger partial charge in [0, 0.05) is 0 Å². The lowest BCUT2D eigenvalue weighted by Gasteiger charge is -1.98. The average molecular weight is 190 g/mol. The molecule has 1 N–H and O–H groups in total. The summed E-state index contributed by atoms with van der Waals surface area (Å²) >= 11 is 1.71. The van der Waals surface area contributed by atoms with Crippen LogP contribution in [0.4, 0.5) is 0 Å². The van der Waals surface area contributed by atoms with Gasteiger partial charge in [0.15, 0.2) is 0 Å². The summed E-state index contributed by atoms with van der Waals surface area (Å²) in [5.41, 5.74) is 2.56. The van der Waals surface area contributed by atoms with Crippen LogP contribution in [0, 0.1) is 0 Å². The average Bonchev–Trinajstić information content (AvgIpc) is 2.62. The van der Waals surface area contributed by atoms with Gasteiger partial charge in [0.25, 0.3) is 0 Å². The lowest BCUT2D eigenvalue weighted by molar-refractivity contribution is 0.475. The van der Waals surface area contributed by atoms with Gasteiger partial charge < -0.3 is 5.11 Å². The molecule has 0 atom stereocenters. The minimum atomic E-state index is 0.328. The van der Waals surface area contributed by atoms with Gasteiger partial charge in [0.1, 0.15) is 5.75 Å². The van der Waals surface area contributed by atoms with E-state index in [9.17, 15) is 0 Å². The Morgan fingerprint density at radius 2 is 1.77 bits per heavy atom. The standard InChI is InChI=1S/C11H10OS/c12-11-3-1-9(2-4-11)7-10-5-6-13-8-10/h1-6,8,12H,7H2. The van der Waals surface area contributed by atoms with Gasteiger partial charge in [-0.1, -0.05) is 12.1 Å². The van der Waals surface area contributed by atoms with Gasteiger partial charge in [-0.05, 0) is 46.5 Å². The molecule has 2 heteroatoms. The minimum absolute atomic E-state index is 0.328. The van der Waals surface area contributed by atoms with E-state index in [-0.39, 0.29) is 0 Å². The molecular weight excluding hydrogens is 180 g/mol. The highest BCUT2D eigenvalue weighted by Crippen LogP contribution is 2.15. The smallest absolute Gasteiger partial charge is 0.115 e. The molecule has 0 bridgehead atoms. The topological polar surface area (TPSA) is 20.2 Å². The SMILES string of the molecule is Oc1ccc(Cc2ccsc2)cc1. The first-order valence-electron chi connectivity index (χ1n) is 4.13. The summed E-state index contributed by atoms with van der Waals surface area (Å²) in [5, 5.41) is 13.3. The molecule has 1 aromatic heterocycles. The molecule has 0 fully saturated rings. The Bertz CT molecular complexity index is 361. The number of rotatable bonds is 2. The molecule has 0 saturated carbocycles. The first-order chi connectivity index (χ1) is 6.34. The predicted molar refractivity (Wildman–Crippen MR) is 55.2 cm³/mol. The van der Waals surface area contributed by atoms with Crippen LogP contribution < -0.4 is 0 Å². The van der Waals surface area contributed by atoms with Crippen LogP contribution in [0.5, 0.6) is 5.75 Å². The third-order valence-electron chi connectivity index (χ3n) is 1.92. The molecular formula is C11H10OS. The van der Waals surface area contributed by atoms with Crippen molar-refractivity contribution in [3.05, 3.63) is 52.2 Å². The largest absolute Gasteiger partial charge is 0.508 e. The van der Waals surface area contributed by atoms with E-state index in [0.717, 1.165) is 6.42 Å². The quantitative estimate of drug-likeness (QED) is 0.771. The number of thiophene rings is 1. The molecule has 13 heavy (non-hydrogen) atoms. The van der Waals surface area contributed by atoms with Crippen LogP contribution in [-0.2, 0) is 6.42 Å². The molecule has 1 aromatic carbocycles. The Hall–Kier alpha value is -1.28. The van der Waals surface area contributed by atoms with E-state index in [4.69, 9.17) is 5.11 Å². The molecule has 0 radical (unpaired) electrons. The van der Waals surface area contributed by atoms with Gasteiger partial charge in [0.05, 0.1) is 0 Å². The van der Waals surface area contributed by atoms with E-state index in [2.05, 4.69) is 16.8 Å². The third-order valence-corrected chi connectivity index (χ3v) is 2.66. The van der Waals surface area contributed by atoms with Gasteiger partial charge in [-0.3, -0.25) is 0 Å². The van der Waals surface area contributed by atoms with Crippen LogP contribution in [0.15, 0.2) is 41.1 Å². The molecule has 0 amide bonds. The van der Waals surface area contributed by atoms with Crippen molar-refractivity contribution >= 4 is 11.3 Å². The summed E-state index contributed by atoms with van der Waals surface area (Å²) in [6.45, 7) is 0. The normalized spacial score (nSPS) is 10.2. The molecule has 1 heterocycles. The number of hydrogen-bond donors (Lipinski definition) is 1. The Morgan fingerprint density at radius 1 is 1.00 bits per heavy atom. The molecule has 66 valence electrons. The van der Waals surface area contributed by atoms with Gasteiger partial charge >= 0.3 is 0 Å². The van der Waals surface area contributed by atoms with Crippen LogP contribution in [0.1, 0.15) is 11.1 Å². The monoisotopic (exact) mass is 190 g/mol. The van der Waals surface area contributed by atoms with Crippen LogP contribution in [-0.4, -0.2) is 5.11 Å². The van der Waals surface area contributed by atoms with Crippen LogP contribution in [0.3, 0.4) is 0 Å². The summed E-state index contributed by atoms with van der Waals surface area (Å²) in [6, 6.07) is 9.47. The molecule has 2 rings (SSSR count). The summed E-state index contributed by atoms with van der Waals surface area (Å²) in [6.07, 6.45) is 0.948. The maximum absolute atomic E-state index is 9.08. The van der Waals surface area contributed by atoms with Gasteiger partial charge in [0.2, 0.25) is 0 Å². The highest BCUT2D eigenvalue weighted by Gasteiger charge is 1.96. The third kappa shape index (κ3) is 2.10. The van der Waals surface area contributed by atoms with E-state index >= 15 is 0 Å². The fraction of sp³-hybridized carbons (Fsp3) is 0.0909. The molecule has 0 saturated heterocycles. The number of benzene rings is 1. The summed E-state index contributed by atoms with van der Waals surface area (Å²) in [5.74, 6) is 0.328. The fourth-order valence-corrected chi connectivity index (χ4v) is 1.91. The van der Waals surface area contributed by atoms with Crippen molar-refractivity contribution in [3.63, 3.8) is 0 Å². The zero-order chi connectivity index (χ0) is 9.10. The van der Waals surface area contributed by atoms with E-state index in [1.54, 1.807) is 23.5 Å². The molecule has 0 spiro atoms. The molecule has 2 aromatic rings.